The smallest absolute Gasteiger partial charge is 0.226 e. The first-order valence-corrected chi connectivity index (χ1v) is 12.4. The third-order valence-corrected chi connectivity index (χ3v) is 9.21. The van der Waals surface area contributed by atoms with Crippen LogP contribution in [0.2, 0.25) is 0 Å². The molecule has 5 aliphatic carbocycles. The second-order valence-corrected chi connectivity index (χ2v) is 11.3. The monoisotopic (exact) mass is 410 g/mol. The molecule has 4 atom stereocenters. The number of hydrogen-bond donors (Lipinski definition) is 2. The first kappa shape index (κ1) is 21.9. The third kappa shape index (κ3) is 3.83. The average Bonchev–Trinajstić information content (AvgIpc) is 2.73. The van der Waals surface area contributed by atoms with Gasteiger partial charge in [0, 0.05) is 6.04 Å². The van der Waals surface area contributed by atoms with Gasteiger partial charge >= 0.3 is 0 Å². The lowest BCUT2D eigenvalue weighted by Gasteiger charge is -2.66. The molecule has 0 aromatic rings. The highest BCUT2D eigenvalue weighted by Gasteiger charge is 2.65. The van der Waals surface area contributed by atoms with E-state index in [2.05, 4.69) is 43.1 Å². The zero-order valence-electron chi connectivity index (χ0n) is 19.2. The highest BCUT2D eigenvalue weighted by atomic mass is 16.2. The normalized spacial score (nSPS) is 42.8. The Hall–Kier alpha value is -1.35. The number of carbonyl (C=O) groups is 1. The SMILES string of the molecule is C=C(/C=C\C=C/C)[C@]12CC3CC(C(=O)N[C@H]4CC[C@H](CN)CC4)(C[C@](CC)(C3)C1)C2. The molecule has 2 unspecified atom stereocenters. The van der Waals surface area contributed by atoms with Crippen molar-refractivity contribution >= 4 is 5.91 Å². The summed E-state index contributed by atoms with van der Waals surface area (Å²) in [4.78, 5) is 13.8. The lowest BCUT2D eigenvalue weighted by Crippen LogP contribution is -2.62. The van der Waals surface area contributed by atoms with Crippen LogP contribution in [-0.4, -0.2) is 18.5 Å². The van der Waals surface area contributed by atoms with Crippen molar-refractivity contribution in [3.8, 4) is 0 Å². The number of nitrogens with two attached hydrogens (primary N) is 1. The van der Waals surface area contributed by atoms with Crippen molar-refractivity contribution in [2.24, 2.45) is 33.8 Å². The molecule has 5 saturated carbocycles. The molecule has 0 aromatic carbocycles. The molecule has 1 amide bonds. The summed E-state index contributed by atoms with van der Waals surface area (Å²) in [6.45, 7) is 9.72. The van der Waals surface area contributed by atoms with Crippen LogP contribution >= 0.6 is 0 Å². The molecular formula is C27H42N2O. The first-order chi connectivity index (χ1) is 14.4. The van der Waals surface area contributed by atoms with Gasteiger partial charge in [-0.15, -0.1) is 0 Å². The van der Waals surface area contributed by atoms with Crippen molar-refractivity contribution in [1.29, 1.82) is 0 Å². The summed E-state index contributed by atoms with van der Waals surface area (Å²) in [5, 5.41) is 3.53. The Kier molecular flexibility index (Phi) is 6.05. The largest absolute Gasteiger partial charge is 0.353 e. The van der Waals surface area contributed by atoms with Crippen LogP contribution in [0.25, 0.3) is 0 Å². The van der Waals surface area contributed by atoms with E-state index in [0.717, 1.165) is 51.5 Å². The van der Waals surface area contributed by atoms with Gasteiger partial charge in [0.15, 0.2) is 0 Å². The molecule has 0 aliphatic heterocycles. The minimum atomic E-state index is -0.183. The fourth-order valence-electron chi connectivity index (χ4n) is 7.98. The molecule has 3 heteroatoms. The highest BCUT2D eigenvalue weighted by Crippen LogP contribution is 2.72. The molecule has 3 N–H and O–H groups in total. The zero-order chi connectivity index (χ0) is 21.4. The Morgan fingerprint density at radius 3 is 2.43 bits per heavy atom. The van der Waals surface area contributed by atoms with Gasteiger partial charge in [-0.1, -0.05) is 44.2 Å². The molecule has 0 radical (unpaired) electrons. The molecule has 0 saturated heterocycles. The van der Waals surface area contributed by atoms with Crippen LogP contribution < -0.4 is 11.1 Å². The molecule has 3 nitrogen and oxygen atoms in total. The van der Waals surface area contributed by atoms with Gasteiger partial charge in [0.05, 0.1) is 5.41 Å². The molecular weight excluding hydrogens is 368 g/mol. The van der Waals surface area contributed by atoms with E-state index < -0.39 is 0 Å². The summed E-state index contributed by atoms with van der Waals surface area (Å²) in [7, 11) is 0. The molecule has 5 rings (SSSR count). The lowest BCUT2D eigenvalue weighted by molar-refractivity contribution is -0.170. The minimum absolute atomic E-state index is 0.113. The predicted molar refractivity (Wildman–Crippen MR) is 125 cm³/mol. The number of amides is 1. The van der Waals surface area contributed by atoms with Crippen LogP contribution in [0.4, 0.5) is 0 Å². The Labute approximate surface area is 183 Å². The molecule has 4 bridgehead atoms. The molecule has 0 aromatic heterocycles. The Balaban J connectivity index is 1.55. The van der Waals surface area contributed by atoms with E-state index in [1.807, 2.05) is 6.92 Å². The van der Waals surface area contributed by atoms with Crippen molar-refractivity contribution < 1.29 is 4.79 Å². The Morgan fingerprint density at radius 1 is 1.07 bits per heavy atom. The van der Waals surface area contributed by atoms with Crippen LogP contribution in [0.3, 0.4) is 0 Å². The van der Waals surface area contributed by atoms with Crippen LogP contribution in [0.5, 0.6) is 0 Å². The number of allylic oxidation sites excluding steroid dienone is 5. The molecule has 30 heavy (non-hydrogen) atoms. The fourth-order valence-corrected chi connectivity index (χ4v) is 7.98. The molecule has 5 aliphatic rings. The number of nitrogens with one attached hydrogen (secondary N) is 1. The maximum atomic E-state index is 13.8. The van der Waals surface area contributed by atoms with Crippen LogP contribution in [0.1, 0.15) is 84.5 Å². The van der Waals surface area contributed by atoms with Crippen molar-refractivity contribution in [3.05, 3.63) is 36.5 Å². The van der Waals surface area contributed by atoms with Crippen LogP contribution in [0.15, 0.2) is 36.5 Å². The molecule has 0 heterocycles. The summed E-state index contributed by atoms with van der Waals surface area (Å²) in [5.74, 6) is 1.68. The first-order valence-electron chi connectivity index (χ1n) is 12.4. The number of carbonyl (C=O) groups excluding carboxylic acids is 1. The number of hydrogen-bond acceptors (Lipinski definition) is 2. The maximum absolute atomic E-state index is 13.8. The van der Waals surface area contributed by atoms with Gasteiger partial charge in [0.2, 0.25) is 5.91 Å². The van der Waals surface area contributed by atoms with E-state index in [1.165, 1.54) is 31.3 Å². The van der Waals surface area contributed by atoms with Gasteiger partial charge < -0.3 is 11.1 Å². The van der Waals surface area contributed by atoms with E-state index in [-0.39, 0.29) is 10.8 Å². The van der Waals surface area contributed by atoms with Crippen molar-refractivity contribution in [2.75, 3.05) is 6.54 Å². The van der Waals surface area contributed by atoms with Crippen LogP contribution in [-0.2, 0) is 4.79 Å². The van der Waals surface area contributed by atoms with E-state index in [4.69, 9.17) is 5.73 Å². The van der Waals surface area contributed by atoms with Gasteiger partial charge in [0.25, 0.3) is 0 Å². The molecule has 5 fully saturated rings. The predicted octanol–water partition coefficient (Wildman–Crippen LogP) is 5.68. The van der Waals surface area contributed by atoms with Gasteiger partial charge in [-0.3, -0.25) is 4.79 Å². The van der Waals surface area contributed by atoms with Crippen molar-refractivity contribution in [3.63, 3.8) is 0 Å². The quantitative estimate of drug-likeness (QED) is 0.531. The minimum Gasteiger partial charge on any atom is -0.353 e. The van der Waals surface area contributed by atoms with Crippen molar-refractivity contribution in [2.45, 2.75) is 90.5 Å². The maximum Gasteiger partial charge on any atom is 0.226 e. The second kappa shape index (κ2) is 8.30. The highest BCUT2D eigenvalue weighted by molar-refractivity contribution is 5.84. The third-order valence-electron chi connectivity index (χ3n) is 9.21. The van der Waals surface area contributed by atoms with Crippen LogP contribution in [0, 0.1) is 28.1 Å². The average molecular weight is 411 g/mol. The topological polar surface area (TPSA) is 55.1 Å². The lowest BCUT2D eigenvalue weighted by atomic mass is 9.37. The summed E-state index contributed by atoms with van der Waals surface area (Å²) in [5.41, 5.74) is 7.37. The van der Waals surface area contributed by atoms with E-state index in [0.29, 0.717) is 29.2 Å². The van der Waals surface area contributed by atoms with Gasteiger partial charge in [-0.2, -0.15) is 0 Å². The van der Waals surface area contributed by atoms with E-state index in [1.54, 1.807) is 0 Å². The summed E-state index contributed by atoms with van der Waals surface area (Å²) in [6.07, 6.45) is 21.1. The molecule has 166 valence electrons. The van der Waals surface area contributed by atoms with Crippen molar-refractivity contribution in [1.82, 2.24) is 5.32 Å². The Morgan fingerprint density at radius 2 is 1.77 bits per heavy atom. The number of rotatable bonds is 7. The molecule has 0 spiro atoms. The van der Waals surface area contributed by atoms with Gasteiger partial charge in [0.1, 0.15) is 0 Å². The zero-order valence-corrected chi connectivity index (χ0v) is 19.2. The van der Waals surface area contributed by atoms with E-state index in [9.17, 15) is 4.79 Å². The summed E-state index contributed by atoms with van der Waals surface area (Å²) in [6, 6.07) is 0.347. The summed E-state index contributed by atoms with van der Waals surface area (Å²) >= 11 is 0. The standard InChI is InChI=1S/C27H42N2O/c1-4-6-7-8-20(3)26-14-22-13-25(5-2,17-26)18-27(15-22,19-26)24(30)29-23-11-9-21(16-28)10-12-23/h4,6-8,21-23H,3,5,9-19,28H2,1-2H3,(H,29,30)/b6-4-,8-7-/t21-,22?,23-,25-,26-,27?/m1/s1. The van der Waals surface area contributed by atoms with E-state index >= 15 is 0 Å². The fraction of sp³-hybridized carbons (Fsp3) is 0.741. The summed E-state index contributed by atoms with van der Waals surface area (Å²) < 4.78 is 0. The Bertz CT molecular complexity index is 731. The van der Waals surface area contributed by atoms with Gasteiger partial charge in [-0.05, 0) is 106 Å². The van der Waals surface area contributed by atoms with Gasteiger partial charge in [-0.25, -0.2) is 0 Å². The second-order valence-electron chi connectivity index (χ2n) is 11.3.